The summed E-state index contributed by atoms with van der Waals surface area (Å²) in [7, 11) is 0. The number of nitrogens with one attached hydrogen (secondary N) is 1. The number of carbonyl (C=O) groups excluding carboxylic acids is 1. The Morgan fingerprint density at radius 3 is 1.93 bits per heavy atom. The molecule has 3 heteroatoms. The number of nitrogens with zero attached hydrogens (tertiary/aromatic N) is 1. The van der Waals surface area contributed by atoms with Gasteiger partial charge in [0.15, 0.2) is 0 Å². The normalized spacial score (nSPS) is 11.6. The van der Waals surface area contributed by atoms with E-state index < -0.39 is 0 Å². The van der Waals surface area contributed by atoms with Crippen LogP contribution in [-0.4, -0.2) is 10.9 Å². The van der Waals surface area contributed by atoms with Gasteiger partial charge in [0.25, 0.3) is 5.91 Å². The molecule has 0 aliphatic rings. The van der Waals surface area contributed by atoms with E-state index in [1.165, 1.54) is 0 Å². The molecule has 136 valence electrons. The number of rotatable bonds is 5. The first-order valence-corrected chi connectivity index (χ1v) is 9.23. The first kappa shape index (κ1) is 17.7. The van der Waals surface area contributed by atoms with Crippen LogP contribution in [0.4, 0.5) is 0 Å². The molecule has 1 heterocycles. The highest BCUT2D eigenvalue weighted by Crippen LogP contribution is 2.22. The van der Waals surface area contributed by atoms with Crippen LogP contribution < -0.4 is 5.32 Å². The van der Waals surface area contributed by atoms with Gasteiger partial charge in [0.1, 0.15) is 0 Å². The number of aromatic nitrogens is 1. The summed E-state index contributed by atoms with van der Waals surface area (Å²) in [6.45, 7) is 0. The van der Waals surface area contributed by atoms with Gasteiger partial charge in [-0.3, -0.25) is 9.78 Å². The van der Waals surface area contributed by atoms with Gasteiger partial charge in [-0.05, 0) is 41.0 Å². The lowest BCUT2D eigenvalue weighted by Crippen LogP contribution is -2.29. The zero-order chi connectivity index (χ0) is 19.2. The maximum absolute atomic E-state index is 12.9. The van der Waals surface area contributed by atoms with E-state index >= 15 is 0 Å². The van der Waals surface area contributed by atoms with Crippen LogP contribution in [0.1, 0.15) is 27.7 Å². The van der Waals surface area contributed by atoms with E-state index in [9.17, 15) is 4.79 Å². The first-order valence-electron chi connectivity index (χ1n) is 9.23. The van der Waals surface area contributed by atoms with E-state index in [0.717, 1.165) is 22.4 Å². The number of carbonyl (C=O) groups is 1. The third kappa shape index (κ3) is 3.99. The minimum absolute atomic E-state index is 0.126. The standard InChI is InChI=1S/C25H20N2O/c28-25(22-16-14-20(15-17-22)19-9-3-1-4-10-19)27-24(21-11-5-2-6-12-21)23-13-7-8-18-26-23/h1-18,24H,(H,27,28). The summed E-state index contributed by atoms with van der Waals surface area (Å²) in [5.41, 5.74) is 4.64. The maximum Gasteiger partial charge on any atom is 0.252 e. The van der Waals surface area contributed by atoms with Gasteiger partial charge in [-0.25, -0.2) is 0 Å². The second-order valence-electron chi connectivity index (χ2n) is 6.52. The van der Waals surface area contributed by atoms with E-state index in [1.54, 1.807) is 6.20 Å². The van der Waals surface area contributed by atoms with Gasteiger partial charge in [0.05, 0.1) is 11.7 Å². The summed E-state index contributed by atoms with van der Waals surface area (Å²) in [5.74, 6) is -0.126. The van der Waals surface area contributed by atoms with Gasteiger partial charge in [0, 0.05) is 11.8 Å². The van der Waals surface area contributed by atoms with Gasteiger partial charge in [-0.15, -0.1) is 0 Å². The van der Waals surface area contributed by atoms with Gasteiger partial charge < -0.3 is 5.32 Å². The Balaban J connectivity index is 1.58. The van der Waals surface area contributed by atoms with Crippen LogP contribution in [0, 0.1) is 0 Å². The van der Waals surface area contributed by atoms with E-state index in [4.69, 9.17) is 0 Å². The van der Waals surface area contributed by atoms with Crippen molar-refractivity contribution >= 4 is 5.91 Å². The topological polar surface area (TPSA) is 42.0 Å². The molecule has 28 heavy (non-hydrogen) atoms. The molecule has 0 saturated carbocycles. The van der Waals surface area contributed by atoms with Crippen LogP contribution in [0.25, 0.3) is 11.1 Å². The highest BCUT2D eigenvalue weighted by Gasteiger charge is 2.18. The molecule has 0 bridgehead atoms. The Bertz CT molecular complexity index is 991. The molecule has 0 saturated heterocycles. The lowest BCUT2D eigenvalue weighted by atomic mass is 10.0. The number of hydrogen-bond acceptors (Lipinski definition) is 2. The molecule has 0 aliphatic heterocycles. The molecule has 1 amide bonds. The van der Waals surface area contributed by atoms with Crippen molar-refractivity contribution in [3.05, 3.63) is 126 Å². The quantitative estimate of drug-likeness (QED) is 0.524. The fourth-order valence-corrected chi connectivity index (χ4v) is 3.18. The fraction of sp³-hybridized carbons (Fsp3) is 0.0400. The molecule has 0 spiro atoms. The lowest BCUT2D eigenvalue weighted by Gasteiger charge is -2.19. The number of benzene rings is 3. The predicted molar refractivity (Wildman–Crippen MR) is 112 cm³/mol. The summed E-state index contributed by atoms with van der Waals surface area (Å²) in [4.78, 5) is 17.4. The number of amides is 1. The molecular weight excluding hydrogens is 344 g/mol. The second-order valence-corrected chi connectivity index (χ2v) is 6.52. The van der Waals surface area contributed by atoms with Crippen molar-refractivity contribution in [3.63, 3.8) is 0 Å². The molecule has 1 unspecified atom stereocenters. The third-order valence-corrected chi connectivity index (χ3v) is 4.65. The number of pyridine rings is 1. The SMILES string of the molecule is O=C(NC(c1ccccc1)c1ccccn1)c1ccc(-c2ccccc2)cc1. The average Bonchev–Trinajstić information content (AvgIpc) is 2.79. The largest absolute Gasteiger partial charge is 0.340 e. The summed E-state index contributed by atoms with van der Waals surface area (Å²) < 4.78 is 0. The van der Waals surface area contributed by atoms with Gasteiger partial charge in [-0.1, -0.05) is 78.9 Å². The minimum Gasteiger partial charge on any atom is -0.340 e. The Kier molecular flexibility index (Phi) is 5.25. The van der Waals surface area contributed by atoms with Crippen molar-refractivity contribution in [1.82, 2.24) is 10.3 Å². The van der Waals surface area contributed by atoms with E-state index in [-0.39, 0.29) is 11.9 Å². The molecule has 3 aromatic carbocycles. The summed E-state index contributed by atoms with van der Waals surface area (Å²) in [5, 5.41) is 3.12. The van der Waals surface area contributed by atoms with Crippen LogP contribution in [-0.2, 0) is 0 Å². The Morgan fingerprint density at radius 2 is 1.29 bits per heavy atom. The van der Waals surface area contributed by atoms with Crippen molar-refractivity contribution in [1.29, 1.82) is 0 Å². The molecular formula is C25H20N2O. The summed E-state index contributed by atoms with van der Waals surface area (Å²) in [6, 6.07) is 33.1. The Hall–Kier alpha value is -3.72. The molecule has 4 aromatic rings. The van der Waals surface area contributed by atoms with Crippen molar-refractivity contribution in [2.75, 3.05) is 0 Å². The van der Waals surface area contributed by atoms with Gasteiger partial charge in [-0.2, -0.15) is 0 Å². The fourth-order valence-electron chi connectivity index (χ4n) is 3.18. The minimum atomic E-state index is -0.302. The van der Waals surface area contributed by atoms with Crippen LogP contribution in [0.2, 0.25) is 0 Å². The molecule has 1 atom stereocenters. The van der Waals surface area contributed by atoms with Crippen LogP contribution >= 0.6 is 0 Å². The Morgan fingerprint density at radius 1 is 0.679 bits per heavy atom. The average molecular weight is 364 g/mol. The van der Waals surface area contributed by atoms with E-state index in [0.29, 0.717) is 5.56 Å². The number of hydrogen-bond donors (Lipinski definition) is 1. The predicted octanol–water partition coefficient (Wildman–Crippen LogP) is 5.27. The highest BCUT2D eigenvalue weighted by molar-refractivity contribution is 5.95. The van der Waals surface area contributed by atoms with Gasteiger partial charge in [0.2, 0.25) is 0 Å². The molecule has 4 rings (SSSR count). The van der Waals surface area contributed by atoms with E-state index in [2.05, 4.69) is 22.4 Å². The van der Waals surface area contributed by atoms with Crippen LogP contribution in [0.3, 0.4) is 0 Å². The van der Waals surface area contributed by atoms with Gasteiger partial charge >= 0.3 is 0 Å². The van der Waals surface area contributed by atoms with Crippen LogP contribution in [0.15, 0.2) is 109 Å². The molecule has 3 nitrogen and oxygen atoms in total. The zero-order valence-corrected chi connectivity index (χ0v) is 15.3. The molecule has 0 fully saturated rings. The van der Waals surface area contributed by atoms with E-state index in [1.807, 2.05) is 91.0 Å². The van der Waals surface area contributed by atoms with Crippen molar-refractivity contribution in [2.45, 2.75) is 6.04 Å². The lowest BCUT2D eigenvalue weighted by molar-refractivity contribution is 0.0942. The highest BCUT2D eigenvalue weighted by atomic mass is 16.1. The molecule has 1 aromatic heterocycles. The summed E-state index contributed by atoms with van der Waals surface area (Å²) >= 11 is 0. The Labute approximate surface area is 164 Å². The summed E-state index contributed by atoms with van der Waals surface area (Å²) in [6.07, 6.45) is 1.74. The monoisotopic (exact) mass is 364 g/mol. The third-order valence-electron chi connectivity index (χ3n) is 4.65. The first-order chi connectivity index (χ1) is 13.8. The smallest absolute Gasteiger partial charge is 0.252 e. The van der Waals surface area contributed by atoms with Crippen molar-refractivity contribution < 1.29 is 4.79 Å². The molecule has 1 N–H and O–H groups in total. The van der Waals surface area contributed by atoms with Crippen molar-refractivity contribution in [2.24, 2.45) is 0 Å². The second kappa shape index (κ2) is 8.31. The molecule has 0 radical (unpaired) electrons. The zero-order valence-electron chi connectivity index (χ0n) is 15.3. The maximum atomic E-state index is 12.9. The van der Waals surface area contributed by atoms with Crippen LogP contribution in [0.5, 0.6) is 0 Å². The van der Waals surface area contributed by atoms with Crippen molar-refractivity contribution in [3.8, 4) is 11.1 Å². The molecule has 0 aliphatic carbocycles.